The number of carbonyl (C=O) groups excluding carboxylic acids is 1. The summed E-state index contributed by atoms with van der Waals surface area (Å²) in [6.45, 7) is 3.75. The summed E-state index contributed by atoms with van der Waals surface area (Å²) in [4.78, 5) is 27.8. The lowest BCUT2D eigenvalue weighted by atomic mass is 10.1. The van der Waals surface area contributed by atoms with Gasteiger partial charge in [-0.2, -0.15) is 26.3 Å². The first-order chi connectivity index (χ1) is 25.6. The molecule has 2 aromatic heterocycles. The van der Waals surface area contributed by atoms with Crippen LogP contribution in [0.15, 0.2) is 72.8 Å². The van der Waals surface area contributed by atoms with Gasteiger partial charge in [0.15, 0.2) is 11.6 Å². The Morgan fingerprint density at radius 1 is 0.778 bits per heavy atom. The van der Waals surface area contributed by atoms with Gasteiger partial charge in [-0.25, -0.2) is 14.8 Å². The van der Waals surface area contributed by atoms with Crippen LogP contribution in [0, 0.1) is 0 Å². The van der Waals surface area contributed by atoms with Crippen molar-refractivity contribution in [2.24, 2.45) is 0 Å². The van der Waals surface area contributed by atoms with Crippen molar-refractivity contribution in [2.75, 3.05) is 57.2 Å². The minimum Gasteiger partial charge on any atom is -0.399 e. The first-order valence-electron chi connectivity index (χ1n) is 17.4. The number of urea groups is 1. The van der Waals surface area contributed by atoms with Crippen LogP contribution < -0.4 is 31.1 Å². The summed E-state index contributed by atoms with van der Waals surface area (Å²) in [6, 6.07) is 20.7. The molecular formula is C37H38Cl2F6N8O. The molecule has 2 fully saturated rings. The van der Waals surface area contributed by atoms with Gasteiger partial charge in [-0.3, -0.25) is 4.90 Å². The summed E-state index contributed by atoms with van der Waals surface area (Å²) in [5.74, 6) is 1.42. The zero-order chi connectivity index (χ0) is 38.6. The molecular weight excluding hydrogens is 757 g/mol. The van der Waals surface area contributed by atoms with Crippen molar-refractivity contribution in [3.63, 3.8) is 0 Å². The minimum absolute atomic E-state index is 0.0455. The van der Waals surface area contributed by atoms with Gasteiger partial charge in [0.05, 0.1) is 17.4 Å². The number of aromatic nitrogens is 2. The normalized spacial score (nSPS) is 18.0. The van der Waals surface area contributed by atoms with Crippen LogP contribution in [-0.2, 0) is 12.8 Å². The molecule has 8 rings (SSSR count). The summed E-state index contributed by atoms with van der Waals surface area (Å²) >= 11 is 11.9. The van der Waals surface area contributed by atoms with Gasteiger partial charge < -0.3 is 26.2 Å². The van der Waals surface area contributed by atoms with E-state index in [-0.39, 0.29) is 24.0 Å². The fourth-order valence-corrected chi connectivity index (χ4v) is 7.17. The average Bonchev–Trinajstić information content (AvgIpc) is 3.71. The molecule has 0 saturated carbocycles. The number of benzene rings is 2. The van der Waals surface area contributed by atoms with Crippen molar-refractivity contribution in [3.8, 4) is 0 Å². The highest BCUT2D eigenvalue weighted by Crippen LogP contribution is 2.40. The predicted octanol–water partition coefficient (Wildman–Crippen LogP) is 9.36. The van der Waals surface area contributed by atoms with E-state index < -0.39 is 31.2 Å². The second-order valence-corrected chi connectivity index (χ2v) is 14.1. The number of alkyl halides is 6. The Labute approximate surface area is 318 Å². The Morgan fingerprint density at radius 3 is 2.07 bits per heavy atom. The summed E-state index contributed by atoms with van der Waals surface area (Å²) in [5.41, 5.74) is 9.30. The number of amides is 2. The van der Waals surface area contributed by atoms with E-state index in [1.807, 2.05) is 18.2 Å². The minimum atomic E-state index is -4.25. The molecule has 4 aliphatic rings. The summed E-state index contributed by atoms with van der Waals surface area (Å²) in [5, 5.41) is 7.02. The van der Waals surface area contributed by atoms with Crippen LogP contribution in [0.25, 0.3) is 0 Å². The highest BCUT2D eigenvalue weighted by Gasteiger charge is 2.40. The van der Waals surface area contributed by atoms with Gasteiger partial charge in [0.25, 0.3) is 0 Å². The number of nitrogens with two attached hydrogens (primary N) is 1. The maximum Gasteiger partial charge on any atom is 0.389 e. The van der Waals surface area contributed by atoms with Crippen molar-refractivity contribution in [3.05, 3.63) is 94.2 Å². The smallest absolute Gasteiger partial charge is 0.389 e. The topological polar surface area (TPSA) is 103 Å². The molecule has 54 heavy (non-hydrogen) atoms. The van der Waals surface area contributed by atoms with Crippen molar-refractivity contribution >= 4 is 63.6 Å². The van der Waals surface area contributed by atoms with Gasteiger partial charge in [0, 0.05) is 56.4 Å². The number of fused-ring (bicyclic) bond motifs is 8. The number of hydrogen-bond donors (Lipinski definition) is 3. The van der Waals surface area contributed by atoms with Crippen molar-refractivity contribution in [1.82, 2.24) is 9.97 Å². The van der Waals surface area contributed by atoms with E-state index in [1.54, 1.807) is 59.5 Å². The van der Waals surface area contributed by atoms with Crippen LogP contribution in [-0.4, -0.2) is 66.6 Å². The molecule has 2 amide bonds. The third-order valence-corrected chi connectivity index (χ3v) is 9.94. The summed E-state index contributed by atoms with van der Waals surface area (Å²) in [6.07, 6.45) is -8.37. The molecule has 4 bridgehead atoms. The molecule has 0 unspecified atom stereocenters. The lowest BCUT2D eigenvalue weighted by molar-refractivity contribution is -0.134. The molecule has 4 N–H and O–H groups in total. The molecule has 2 atom stereocenters. The quantitative estimate of drug-likeness (QED) is 0.105. The van der Waals surface area contributed by atoms with Crippen LogP contribution in [0.2, 0.25) is 10.3 Å². The van der Waals surface area contributed by atoms with Gasteiger partial charge in [0.2, 0.25) is 0 Å². The lowest BCUT2D eigenvalue weighted by Crippen LogP contribution is -2.48. The molecule has 4 aromatic rings. The Bertz CT molecular complexity index is 1950. The number of pyridine rings is 2. The van der Waals surface area contributed by atoms with E-state index in [0.29, 0.717) is 46.1 Å². The monoisotopic (exact) mass is 794 g/mol. The Morgan fingerprint density at radius 2 is 1.37 bits per heavy atom. The lowest BCUT2D eigenvalue weighted by Gasteiger charge is -2.35. The Balaban J connectivity index is 0.000000158. The van der Waals surface area contributed by atoms with E-state index in [1.165, 1.54) is 12.1 Å². The number of halogens is 8. The number of nitrogens with zero attached hydrogens (tertiary/aromatic N) is 5. The van der Waals surface area contributed by atoms with Crippen LogP contribution in [0.1, 0.15) is 36.8 Å². The first-order valence-corrected chi connectivity index (χ1v) is 18.1. The van der Waals surface area contributed by atoms with Gasteiger partial charge in [-0.05, 0) is 73.2 Å². The molecule has 17 heteroatoms. The number of nitrogens with one attached hydrogen (secondary N) is 2. The van der Waals surface area contributed by atoms with E-state index in [2.05, 4.69) is 30.4 Å². The average molecular weight is 796 g/mol. The number of rotatable bonds is 5. The van der Waals surface area contributed by atoms with Gasteiger partial charge >= 0.3 is 18.4 Å². The van der Waals surface area contributed by atoms with Gasteiger partial charge in [-0.15, -0.1) is 0 Å². The standard InChI is InChI=1S/C19H18ClF3N4O.C9H10ClN3.C9H10F3N/c20-16-6-5-15-17(25-16)27(13-8-10-26(15)11-13)18(28)24-14-4-2-1-3-12(14)7-9-19(21,22)23;10-8-2-1-7-9(12-8)11-6-3-4-13(7)5-6;10-9(11,12)6-5-7-3-1-2-4-8(7)13/h1-6,13H,7-11H2,(H,24,28);1-2,6H,3-5H2,(H,11,12);1-4H,5-6,13H2/t13-;6-;/m00./s1. The number of carbonyl (C=O) groups is 1. The Hall–Kier alpha value is -4.63. The van der Waals surface area contributed by atoms with Gasteiger partial charge in [-0.1, -0.05) is 59.6 Å². The number of hydrogen-bond acceptors (Lipinski definition) is 7. The fraction of sp³-hybridized carbons (Fsp3) is 0.378. The molecule has 9 nitrogen and oxygen atoms in total. The molecule has 0 spiro atoms. The van der Waals surface area contributed by atoms with E-state index in [0.717, 1.165) is 37.6 Å². The van der Waals surface area contributed by atoms with E-state index in [9.17, 15) is 31.1 Å². The molecule has 2 saturated heterocycles. The highest BCUT2D eigenvalue weighted by atomic mass is 35.5. The van der Waals surface area contributed by atoms with Crippen molar-refractivity contribution < 1.29 is 31.1 Å². The molecule has 2 aromatic carbocycles. The highest BCUT2D eigenvalue weighted by molar-refractivity contribution is 6.30. The van der Waals surface area contributed by atoms with E-state index >= 15 is 0 Å². The molecule has 288 valence electrons. The third-order valence-electron chi connectivity index (χ3n) is 9.52. The fourth-order valence-electron chi connectivity index (χ4n) is 6.88. The van der Waals surface area contributed by atoms with Crippen LogP contribution in [0.4, 0.5) is 65.5 Å². The van der Waals surface area contributed by atoms with E-state index in [4.69, 9.17) is 28.9 Å². The number of para-hydroxylation sites is 2. The SMILES string of the molecule is Clc1ccc2c(n1)N[C@H]1CCN2C1.Nc1ccccc1CCC(F)(F)F.O=C(Nc1ccccc1CCC(F)(F)F)N1c2nc(Cl)ccc2N2CC[C@H]1C2. The molecule has 6 heterocycles. The molecule has 0 aliphatic carbocycles. The van der Waals surface area contributed by atoms with Crippen LogP contribution in [0.3, 0.4) is 0 Å². The zero-order valence-electron chi connectivity index (χ0n) is 28.9. The van der Waals surface area contributed by atoms with Gasteiger partial charge in [0.1, 0.15) is 10.3 Å². The molecule has 4 aliphatic heterocycles. The van der Waals surface area contributed by atoms with Crippen molar-refractivity contribution in [2.45, 2.75) is 63.0 Å². The summed E-state index contributed by atoms with van der Waals surface area (Å²) in [7, 11) is 0. The largest absolute Gasteiger partial charge is 0.399 e. The second kappa shape index (κ2) is 16.4. The maximum atomic E-state index is 13.1. The number of anilines is 6. The zero-order valence-corrected chi connectivity index (χ0v) is 30.4. The third kappa shape index (κ3) is 9.91. The first kappa shape index (κ1) is 39.1. The second-order valence-electron chi connectivity index (χ2n) is 13.3. The number of aryl methyl sites for hydroxylation is 2. The molecule has 0 radical (unpaired) electrons. The van der Waals surface area contributed by atoms with Crippen molar-refractivity contribution in [1.29, 1.82) is 0 Å². The van der Waals surface area contributed by atoms with Crippen LogP contribution in [0.5, 0.6) is 0 Å². The predicted molar refractivity (Wildman–Crippen MR) is 201 cm³/mol. The van der Waals surface area contributed by atoms with Crippen LogP contribution >= 0.6 is 23.2 Å². The Kier molecular flexibility index (Phi) is 11.9. The maximum absolute atomic E-state index is 13.1. The number of nitrogen functional groups attached to an aromatic ring is 1. The summed E-state index contributed by atoms with van der Waals surface area (Å²) < 4.78 is 73.3.